The van der Waals surface area contributed by atoms with Gasteiger partial charge in [0.05, 0.1) is 5.02 Å². The standard InChI is InChI=1S/C14H18Cl2N2O2.ClH/c1-17-7-10-4-5-18(8-10)14(19)9-20-13-3-2-11(15)6-12(13)16;/h2-3,6,10,17H,4-5,7-9H2,1H3;1H. The zero-order valence-corrected chi connectivity index (χ0v) is 14.1. The van der Waals surface area contributed by atoms with Gasteiger partial charge in [0.1, 0.15) is 5.75 Å². The topological polar surface area (TPSA) is 41.6 Å². The van der Waals surface area contributed by atoms with Crippen molar-refractivity contribution < 1.29 is 9.53 Å². The number of nitrogens with zero attached hydrogens (tertiary/aromatic N) is 1. The zero-order valence-electron chi connectivity index (χ0n) is 11.8. The van der Waals surface area contributed by atoms with Crippen molar-refractivity contribution in [2.75, 3.05) is 33.3 Å². The van der Waals surface area contributed by atoms with Crippen molar-refractivity contribution >= 4 is 41.5 Å². The summed E-state index contributed by atoms with van der Waals surface area (Å²) >= 11 is 11.8. The Kier molecular flexibility index (Phi) is 7.60. The van der Waals surface area contributed by atoms with Crippen LogP contribution in [0.3, 0.4) is 0 Å². The number of hydrogen-bond acceptors (Lipinski definition) is 3. The number of rotatable bonds is 5. The van der Waals surface area contributed by atoms with Crippen molar-refractivity contribution in [3.8, 4) is 5.75 Å². The highest BCUT2D eigenvalue weighted by Gasteiger charge is 2.25. The van der Waals surface area contributed by atoms with Gasteiger partial charge in [0.15, 0.2) is 6.61 Å². The molecule has 4 nitrogen and oxygen atoms in total. The molecule has 0 radical (unpaired) electrons. The summed E-state index contributed by atoms with van der Waals surface area (Å²) in [5.41, 5.74) is 0. The van der Waals surface area contributed by atoms with Crippen molar-refractivity contribution in [3.63, 3.8) is 0 Å². The first kappa shape index (κ1) is 18.4. The summed E-state index contributed by atoms with van der Waals surface area (Å²) in [6, 6.07) is 4.96. The maximum Gasteiger partial charge on any atom is 0.260 e. The van der Waals surface area contributed by atoms with Gasteiger partial charge in [0.2, 0.25) is 0 Å². The molecule has 0 bridgehead atoms. The van der Waals surface area contributed by atoms with Gasteiger partial charge in [-0.25, -0.2) is 0 Å². The highest BCUT2D eigenvalue weighted by atomic mass is 35.5. The van der Waals surface area contributed by atoms with E-state index < -0.39 is 0 Å². The highest BCUT2D eigenvalue weighted by molar-refractivity contribution is 6.35. The van der Waals surface area contributed by atoms with Crippen LogP contribution >= 0.6 is 35.6 Å². The van der Waals surface area contributed by atoms with Crippen molar-refractivity contribution in [3.05, 3.63) is 28.2 Å². The largest absolute Gasteiger partial charge is 0.482 e. The predicted octanol–water partition coefficient (Wildman–Crippen LogP) is 2.86. The second kappa shape index (κ2) is 8.69. The van der Waals surface area contributed by atoms with Gasteiger partial charge in [0.25, 0.3) is 5.91 Å². The second-order valence-corrected chi connectivity index (χ2v) is 5.76. The van der Waals surface area contributed by atoms with Crippen molar-refractivity contribution in [2.45, 2.75) is 6.42 Å². The summed E-state index contributed by atoms with van der Waals surface area (Å²) < 4.78 is 5.46. The third-order valence-corrected chi connectivity index (χ3v) is 3.91. The van der Waals surface area contributed by atoms with E-state index in [9.17, 15) is 4.79 Å². The Labute approximate surface area is 141 Å². The summed E-state index contributed by atoms with van der Waals surface area (Å²) in [5, 5.41) is 4.10. The Bertz CT molecular complexity index is 485. The van der Waals surface area contributed by atoms with Crippen LogP contribution in [0.5, 0.6) is 5.75 Å². The fourth-order valence-electron chi connectivity index (χ4n) is 2.34. The lowest BCUT2D eigenvalue weighted by atomic mass is 10.1. The summed E-state index contributed by atoms with van der Waals surface area (Å²) in [6.45, 7) is 2.53. The number of nitrogens with one attached hydrogen (secondary N) is 1. The number of likely N-dealkylation sites (tertiary alicyclic amines) is 1. The Hall–Kier alpha value is -0.680. The maximum absolute atomic E-state index is 12.1. The first-order chi connectivity index (χ1) is 9.60. The number of amides is 1. The smallest absolute Gasteiger partial charge is 0.260 e. The molecule has 0 spiro atoms. The molecule has 7 heteroatoms. The van der Waals surface area contributed by atoms with Crippen LogP contribution in [-0.4, -0.2) is 44.1 Å². The van der Waals surface area contributed by atoms with Gasteiger partial charge in [-0.15, -0.1) is 12.4 Å². The van der Waals surface area contributed by atoms with Crippen LogP contribution in [-0.2, 0) is 4.79 Å². The van der Waals surface area contributed by atoms with Gasteiger partial charge in [-0.3, -0.25) is 4.79 Å². The van der Waals surface area contributed by atoms with Crippen LogP contribution < -0.4 is 10.1 Å². The summed E-state index contributed by atoms with van der Waals surface area (Å²) in [5.74, 6) is 1.01. The molecule has 1 N–H and O–H groups in total. The molecular weight excluding hydrogens is 335 g/mol. The molecule has 1 amide bonds. The van der Waals surface area contributed by atoms with Gasteiger partial charge < -0.3 is 15.0 Å². The van der Waals surface area contributed by atoms with Crippen LogP contribution in [0.25, 0.3) is 0 Å². The molecule has 1 fully saturated rings. The molecule has 1 heterocycles. The molecule has 21 heavy (non-hydrogen) atoms. The van der Waals surface area contributed by atoms with Crippen LogP contribution in [0.2, 0.25) is 10.0 Å². The molecule has 1 atom stereocenters. The van der Waals surface area contributed by atoms with E-state index >= 15 is 0 Å². The van der Waals surface area contributed by atoms with Gasteiger partial charge in [0, 0.05) is 18.1 Å². The third-order valence-electron chi connectivity index (χ3n) is 3.38. The minimum Gasteiger partial charge on any atom is -0.482 e. The zero-order chi connectivity index (χ0) is 14.5. The Morgan fingerprint density at radius 3 is 2.90 bits per heavy atom. The van der Waals surface area contributed by atoms with Crippen LogP contribution in [0.4, 0.5) is 0 Å². The molecule has 0 aromatic heterocycles. The number of carbonyl (C=O) groups excluding carboxylic acids is 1. The molecule has 1 saturated heterocycles. The predicted molar refractivity (Wildman–Crippen MR) is 87.8 cm³/mol. The minimum atomic E-state index is -0.00498. The quantitative estimate of drug-likeness (QED) is 0.885. The first-order valence-corrected chi connectivity index (χ1v) is 7.36. The van der Waals surface area contributed by atoms with E-state index in [0.717, 1.165) is 26.1 Å². The average molecular weight is 354 g/mol. The molecule has 1 aromatic rings. The SMILES string of the molecule is CNCC1CCN(C(=O)COc2ccc(Cl)cc2Cl)C1.Cl. The van der Waals surface area contributed by atoms with E-state index in [1.54, 1.807) is 18.2 Å². The summed E-state index contributed by atoms with van der Waals surface area (Å²) in [4.78, 5) is 13.9. The third kappa shape index (κ3) is 5.22. The minimum absolute atomic E-state index is 0. The first-order valence-electron chi connectivity index (χ1n) is 6.60. The number of benzene rings is 1. The van der Waals surface area contributed by atoms with Gasteiger partial charge in [-0.05, 0) is 44.1 Å². The van der Waals surface area contributed by atoms with E-state index in [1.807, 2.05) is 11.9 Å². The molecule has 2 rings (SSSR count). The van der Waals surface area contributed by atoms with Crippen LogP contribution in [0, 0.1) is 5.92 Å². The molecule has 0 saturated carbocycles. The van der Waals surface area contributed by atoms with Crippen LogP contribution in [0.15, 0.2) is 18.2 Å². The highest BCUT2D eigenvalue weighted by Crippen LogP contribution is 2.27. The van der Waals surface area contributed by atoms with Gasteiger partial charge >= 0.3 is 0 Å². The average Bonchev–Trinajstić information content (AvgIpc) is 2.86. The van der Waals surface area contributed by atoms with Gasteiger partial charge in [-0.2, -0.15) is 0 Å². The molecule has 1 aromatic carbocycles. The number of carbonyl (C=O) groups is 1. The normalized spacial score (nSPS) is 17.5. The number of ether oxygens (including phenoxy) is 1. The van der Waals surface area contributed by atoms with E-state index in [4.69, 9.17) is 27.9 Å². The van der Waals surface area contributed by atoms with Crippen LogP contribution in [0.1, 0.15) is 6.42 Å². The molecular formula is C14H19Cl3N2O2. The Balaban J connectivity index is 0.00000220. The summed E-state index contributed by atoms with van der Waals surface area (Å²) in [6.07, 6.45) is 1.04. The lowest BCUT2D eigenvalue weighted by Gasteiger charge is -2.17. The molecule has 1 unspecified atom stereocenters. The maximum atomic E-state index is 12.1. The lowest BCUT2D eigenvalue weighted by Crippen LogP contribution is -2.34. The van der Waals surface area contributed by atoms with E-state index in [1.165, 1.54) is 0 Å². The monoisotopic (exact) mass is 352 g/mol. The lowest BCUT2D eigenvalue weighted by molar-refractivity contribution is -0.132. The fourth-order valence-corrected chi connectivity index (χ4v) is 2.80. The molecule has 1 aliphatic heterocycles. The fraction of sp³-hybridized carbons (Fsp3) is 0.500. The van der Waals surface area contributed by atoms with E-state index in [-0.39, 0.29) is 24.9 Å². The molecule has 118 valence electrons. The second-order valence-electron chi connectivity index (χ2n) is 4.92. The Morgan fingerprint density at radius 1 is 1.48 bits per heavy atom. The number of halogens is 3. The van der Waals surface area contributed by atoms with E-state index in [0.29, 0.717) is 21.7 Å². The number of hydrogen-bond donors (Lipinski definition) is 1. The van der Waals surface area contributed by atoms with Crippen molar-refractivity contribution in [1.82, 2.24) is 10.2 Å². The summed E-state index contributed by atoms with van der Waals surface area (Å²) in [7, 11) is 1.93. The molecule has 0 aliphatic carbocycles. The Morgan fingerprint density at radius 2 is 2.24 bits per heavy atom. The van der Waals surface area contributed by atoms with Crippen molar-refractivity contribution in [2.24, 2.45) is 5.92 Å². The van der Waals surface area contributed by atoms with E-state index in [2.05, 4.69) is 5.32 Å². The van der Waals surface area contributed by atoms with Crippen molar-refractivity contribution in [1.29, 1.82) is 0 Å². The molecule has 1 aliphatic rings. The van der Waals surface area contributed by atoms with Gasteiger partial charge in [-0.1, -0.05) is 23.2 Å².